The Balaban J connectivity index is 1.75. The van der Waals surface area contributed by atoms with E-state index >= 15 is 0 Å². The van der Waals surface area contributed by atoms with E-state index in [1.807, 2.05) is 6.92 Å². The molecule has 0 spiro atoms. The van der Waals surface area contributed by atoms with Gasteiger partial charge >= 0.3 is 0 Å². The zero-order chi connectivity index (χ0) is 19.6. The Bertz CT molecular complexity index is 992. The summed E-state index contributed by atoms with van der Waals surface area (Å²) in [7, 11) is 1.75. The second-order valence-electron chi connectivity index (χ2n) is 6.01. The molecule has 0 aliphatic heterocycles. The van der Waals surface area contributed by atoms with E-state index in [4.69, 9.17) is 11.6 Å². The quantitative estimate of drug-likeness (QED) is 0.626. The number of hydrogen-bond donors (Lipinski definition) is 1. The Morgan fingerprint density at radius 2 is 1.96 bits per heavy atom. The van der Waals surface area contributed by atoms with Gasteiger partial charge in [-0.25, -0.2) is 4.39 Å². The minimum Gasteiger partial charge on any atom is -0.325 e. The fourth-order valence-corrected chi connectivity index (χ4v) is 3.47. The van der Waals surface area contributed by atoms with Gasteiger partial charge in [-0.3, -0.25) is 4.79 Å². The molecule has 140 valence electrons. The molecule has 0 aliphatic rings. The monoisotopic (exact) mass is 404 g/mol. The lowest BCUT2D eigenvalue weighted by Gasteiger charge is -2.14. The van der Waals surface area contributed by atoms with Gasteiger partial charge in [0.25, 0.3) is 0 Å². The Hall–Kier alpha value is -2.38. The van der Waals surface area contributed by atoms with Crippen molar-refractivity contribution in [3.63, 3.8) is 0 Å². The second kappa shape index (κ2) is 8.10. The van der Waals surface area contributed by atoms with Crippen molar-refractivity contribution in [3.8, 4) is 11.4 Å². The smallest absolute Gasteiger partial charge is 0.237 e. The molecular weight excluding hydrogens is 387 g/mol. The summed E-state index contributed by atoms with van der Waals surface area (Å²) in [5.74, 6) is -0.138. The summed E-state index contributed by atoms with van der Waals surface area (Å²) >= 11 is 7.34. The highest BCUT2D eigenvalue weighted by molar-refractivity contribution is 8.00. The summed E-state index contributed by atoms with van der Waals surface area (Å²) < 4.78 is 15.7. The maximum Gasteiger partial charge on any atom is 0.237 e. The van der Waals surface area contributed by atoms with Crippen LogP contribution in [0.5, 0.6) is 0 Å². The molecule has 2 aromatic carbocycles. The van der Waals surface area contributed by atoms with Gasteiger partial charge in [0.1, 0.15) is 5.82 Å². The third kappa shape index (κ3) is 4.14. The molecule has 1 aromatic heterocycles. The second-order valence-corrected chi connectivity index (χ2v) is 7.72. The number of amides is 1. The summed E-state index contributed by atoms with van der Waals surface area (Å²) in [6.07, 6.45) is 0. The van der Waals surface area contributed by atoms with E-state index in [1.54, 1.807) is 54.9 Å². The van der Waals surface area contributed by atoms with Crippen molar-refractivity contribution >= 4 is 35.0 Å². The fraction of sp³-hybridized carbons (Fsp3) is 0.211. The molecule has 8 heteroatoms. The first-order chi connectivity index (χ1) is 12.9. The van der Waals surface area contributed by atoms with Crippen LogP contribution >= 0.6 is 23.4 Å². The van der Waals surface area contributed by atoms with Crippen molar-refractivity contribution in [2.24, 2.45) is 7.05 Å². The predicted octanol–water partition coefficient (Wildman–Crippen LogP) is 4.70. The molecule has 0 bridgehead atoms. The highest BCUT2D eigenvalue weighted by Gasteiger charge is 2.21. The molecule has 1 heterocycles. The van der Waals surface area contributed by atoms with Gasteiger partial charge in [-0.15, -0.1) is 10.2 Å². The molecule has 1 N–H and O–H groups in total. The molecule has 0 aliphatic carbocycles. The average molecular weight is 405 g/mol. The number of carbonyl (C=O) groups is 1. The number of hydrogen-bond acceptors (Lipinski definition) is 4. The first kappa shape index (κ1) is 19.4. The number of halogens is 2. The van der Waals surface area contributed by atoms with Crippen LogP contribution in [0.15, 0.2) is 47.6 Å². The topological polar surface area (TPSA) is 59.8 Å². The molecule has 5 nitrogen and oxygen atoms in total. The Labute approximate surface area is 166 Å². The highest BCUT2D eigenvalue weighted by atomic mass is 35.5. The lowest BCUT2D eigenvalue weighted by molar-refractivity contribution is -0.115. The number of rotatable bonds is 5. The number of carbonyl (C=O) groups excluding carboxylic acids is 1. The third-order valence-corrected chi connectivity index (χ3v) is 5.67. The van der Waals surface area contributed by atoms with Crippen LogP contribution in [0.4, 0.5) is 10.1 Å². The Morgan fingerprint density at radius 1 is 1.22 bits per heavy atom. The van der Waals surface area contributed by atoms with Gasteiger partial charge in [0.05, 0.1) is 10.8 Å². The van der Waals surface area contributed by atoms with Crippen molar-refractivity contribution in [2.75, 3.05) is 5.32 Å². The van der Waals surface area contributed by atoms with Gasteiger partial charge in [0.2, 0.25) is 5.91 Å². The minimum absolute atomic E-state index is 0.180. The van der Waals surface area contributed by atoms with Crippen molar-refractivity contribution in [2.45, 2.75) is 24.3 Å². The minimum atomic E-state index is -0.431. The summed E-state index contributed by atoms with van der Waals surface area (Å²) in [5.41, 5.74) is 1.85. The summed E-state index contributed by atoms with van der Waals surface area (Å²) in [4.78, 5) is 12.5. The summed E-state index contributed by atoms with van der Waals surface area (Å²) in [5, 5.41) is 11.7. The molecule has 0 saturated carbocycles. The van der Waals surface area contributed by atoms with E-state index in [-0.39, 0.29) is 11.7 Å². The largest absolute Gasteiger partial charge is 0.325 e. The van der Waals surface area contributed by atoms with E-state index in [0.29, 0.717) is 27.3 Å². The number of anilines is 1. The molecule has 0 radical (unpaired) electrons. The molecule has 0 unspecified atom stereocenters. The molecule has 1 atom stereocenters. The van der Waals surface area contributed by atoms with Crippen LogP contribution in [-0.2, 0) is 11.8 Å². The van der Waals surface area contributed by atoms with Gasteiger partial charge in [-0.1, -0.05) is 41.6 Å². The first-order valence-electron chi connectivity index (χ1n) is 8.25. The highest BCUT2D eigenvalue weighted by Crippen LogP contribution is 2.28. The zero-order valence-electron chi connectivity index (χ0n) is 15.0. The van der Waals surface area contributed by atoms with Crippen LogP contribution < -0.4 is 5.32 Å². The predicted molar refractivity (Wildman–Crippen MR) is 107 cm³/mol. The lowest BCUT2D eigenvalue weighted by Crippen LogP contribution is -2.23. The van der Waals surface area contributed by atoms with Gasteiger partial charge in [0, 0.05) is 17.8 Å². The summed E-state index contributed by atoms with van der Waals surface area (Å²) in [6.45, 7) is 3.62. The van der Waals surface area contributed by atoms with Gasteiger partial charge < -0.3 is 9.88 Å². The van der Waals surface area contributed by atoms with Crippen LogP contribution in [-0.4, -0.2) is 25.9 Å². The normalized spacial score (nSPS) is 12.0. The van der Waals surface area contributed by atoms with Crippen molar-refractivity contribution in [1.29, 1.82) is 0 Å². The Kier molecular flexibility index (Phi) is 5.82. The first-order valence-corrected chi connectivity index (χ1v) is 9.51. The molecule has 27 heavy (non-hydrogen) atoms. The maximum absolute atomic E-state index is 14.0. The van der Waals surface area contributed by atoms with Crippen molar-refractivity contribution in [1.82, 2.24) is 14.8 Å². The molecular formula is C19H18ClFN4OS. The number of nitrogens with zero attached hydrogens (tertiary/aromatic N) is 3. The van der Waals surface area contributed by atoms with Crippen LogP contribution in [0.25, 0.3) is 11.4 Å². The number of nitrogens with one attached hydrogen (secondary N) is 1. The fourth-order valence-electron chi connectivity index (χ4n) is 2.48. The van der Waals surface area contributed by atoms with Crippen LogP contribution in [0.2, 0.25) is 5.02 Å². The van der Waals surface area contributed by atoms with E-state index in [9.17, 15) is 9.18 Å². The van der Waals surface area contributed by atoms with Gasteiger partial charge in [-0.05, 0) is 43.7 Å². The maximum atomic E-state index is 14.0. The average Bonchev–Trinajstić information content (AvgIpc) is 3.00. The van der Waals surface area contributed by atoms with Crippen LogP contribution in [0, 0.1) is 12.7 Å². The van der Waals surface area contributed by atoms with E-state index in [1.165, 1.54) is 17.8 Å². The molecule has 0 fully saturated rings. The molecule has 3 aromatic rings. The van der Waals surface area contributed by atoms with Crippen LogP contribution in [0.3, 0.4) is 0 Å². The van der Waals surface area contributed by atoms with Crippen molar-refractivity contribution in [3.05, 3.63) is 58.9 Å². The summed E-state index contributed by atoms with van der Waals surface area (Å²) in [6, 6.07) is 11.7. The molecule has 3 rings (SSSR count). The number of benzene rings is 2. The standard InChI is InChI=1S/C19H18ClFN4OS/c1-11-14(20)8-6-10-16(11)22-18(26)12(2)27-19-24-23-17(25(19)3)13-7-4-5-9-15(13)21/h4-10,12H,1-3H3,(H,22,26)/t12-/m0/s1. The number of thioether (sulfide) groups is 1. The third-order valence-electron chi connectivity index (χ3n) is 4.13. The van der Waals surface area contributed by atoms with Crippen molar-refractivity contribution < 1.29 is 9.18 Å². The van der Waals surface area contributed by atoms with E-state index in [2.05, 4.69) is 15.5 Å². The van der Waals surface area contributed by atoms with E-state index < -0.39 is 5.25 Å². The zero-order valence-corrected chi connectivity index (χ0v) is 16.6. The molecule has 0 saturated heterocycles. The van der Waals surface area contributed by atoms with Gasteiger partial charge in [-0.2, -0.15) is 0 Å². The van der Waals surface area contributed by atoms with Crippen LogP contribution in [0.1, 0.15) is 12.5 Å². The Morgan fingerprint density at radius 3 is 2.70 bits per heavy atom. The number of aromatic nitrogens is 3. The van der Waals surface area contributed by atoms with Gasteiger partial charge in [0.15, 0.2) is 11.0 Å². The van der Waals surface area contributed by atoms with E-state index in [0.717, 1.165) is 5.56 Å². The lowest BCUT2D eigenvalue weighted by atomic mass is 10.2. The molecule has 1 amide bonds. The SMILES string of the molecule is Cc1c(Cl)cccc1NC(=O)[C@H](C)Sc1nnc(-c2ccccc2F)n1C.